The van der Waals surface area contributed by atoms with Gasteiger partial charge in [0.1, 0.15) is 11.4 Å². The number of piperidine rings is 1. The van der Waals surface area contributed by atoms with Crippen LogP contribution in [0.5, 0.6) is 5.75 Å². The van der Waals surface area contributed by atoms with Crippen molar-refractivity contribution < 1.29 is 22.7 Å². The molecular formula is C23H33NO5S. The zero-order valence-corrected chi connectivity index (χ0v) is 18.9. The summed E-state index contributed by atoms with van der Waals surface area (Å²) in [6.07, 6.45) is 9.95. The molecule has 1 heterocycles. The molecule has 0 bridgehead atoms. The third-order valence-corrected chi connectivity index (χ3v) is 8.22. The second-order valence-electron chi connectivity index (χ2n) is 9.81. The Morgan fingerprint density at radius 2 is 1.73 bits per heavy atom. The van der Waals surface area contributed by atoms with Gasteiger partial charge in [0.15, 0.2) is 9.84 Å². The largest absolute Gasteiger partial charge is 0.494 e. The number of rotatable bonds is 7. The lowest BCUT2D eigenvalue weighted by Gasteiger charge is -2.52. The second kappa shape index (κ2) is 8.06. The minimum Gasteiger partial charge on any atom is -0.494 e. The van der Waals surface area contributed by atoms with Crippen molar-refractivity contribution in [1.82, 2.24) is 4.90 Å². The maximum atomic E-state index is 12.3. The summed E-state index contributed by atoms with van der Waals surface area (Å²) in [5.74, 6) is 1.47. The van der Waals surface area contributed by atoms with E-state index in [4.69, 9.17) is 9.47 Å². The summed E-state index contributed by atoms with van der Waals surface area (Å²) in [7, 11) is -3.16. The van der Waals surface area contributed by atoms with Crippen molar-refractivity contribution in [3.63, 3.8) is 0 Å². The normalized spacial score (nSPS) is 22.4. The van der Waals surface area contributed by atoms with Crippen LogP contribution in [0, 0.1) is 11.3 Å². The zero-order chi connectivity index (χ0) is 21.4. The van der Waals surface area contributed by atoms with Gasteiger partial charge in [0.25, 0.3) is 0 Å². The van der Waals surface area contributed by atoms with Gasteiger partial charge in [0.05, 0.1) is 11.5 Å². The fourth-order valence-corrected chi connectivity index (χ4v) is 5.47. The molecule has 1 aromatic rings. The number of likely N-dealkylation sites (tertiary alicyclic amines) is 1. The van der Waals surface area contributed by atoms with Crippen LogP contribution >= 0.6 is 0 Å². The van der Waals surface area contributed by atoms with Gasteiger partial charge in [-0.3, -0.25) is 0 Å². The van der Waals surface area contributed by atoms with E-state index in [0.717, 1.165) is 57.5 Å². The molecular weight excluding hydrogens is 402 g/mol. The summed E-state index contributed by atoms with van der Waals surface area (Å²) in [6.45, 7) is 4.32. The van der Waals surface area contributed by atoms with Crippen LogP contribution in [0.2, 0.25) is 0 Å². The molecule has 4 rings (SSSR count). The summed E-state index contributed by atoms with van der Waals surface area (Å²) in [4.78, 5) is 14.5. The minimum atomic E-state index is -3.16. The number of benzene rings is 1. The van der Waals surface area contributed by atoms with Crippen LogP contribution in [-0.4, -0.2) is 51.0 Å². The van der Waals surface area contributed by atoms with E-state index in [-0.39, 0.29) is 11.7 Å². The molecule has 1 aromatic carbocycles. The number of hydrogen-bond acceptors (Lipinski definition) is 5. The van der Waals surface area contributed by atoms with E-state index in [1.165, 1.54) is 19.1 Å². The van der Waals surface area contributed by atoms with Crippen LogP contribution in [0.4, 0.5) is 4.79 Å². The molecule has 3 fully saturated rings. The molecule has 7 heteroatoms. The van der Waals surface area contributed by atoms with Crippen molar-refractivity contribution in [3.8, 4) is 5.75 Å². The Labute approximate surface area is 179 Å². The van der Waals surface area contributed by atoms with Crippen molar-refractivity contribution in [2.75, 3.05) is 26.0 Å². The highest BCUT2D eigenvalue weighted by atomic mass is 32.2. The maximum absolute atomic E-state index is 12.3. The Balaban J connectivity index is 1.11. The predicted molar refractivity (Wildman–Crippen MR) is 114 cm³/mol. The number of sulfone groups is 1. The zero-order valence-electron chi connectivity index (χ0n) is 18.1. The van der Waals surface area contributed by atoms with E-state index in [2.05, 4.69) is 0 Å². The second-order valence-corrected chi connectivity index (χ2v) is 11.8. The van der Waals surface area contributed by atoms with Crippen LogP contribution in [0.3, 0.4) is 0 Å². The summed E-state index contributed by atoms with van der Waals surface area (Å²) in [6, 6.07) is 6.62. The van der Waals surface area contributed by atoms with Gasteiger partial charge in [-0.15, -0.1) is 0 Å². The first-order chi connectivity index (χ1) is 14.2. The van der Waals surface area contributed by atoms with Crippen LogP contribution in [0.15, 0.2) is 29.2 Å². The lowest BCUT2D eigenvalue weighted by molar-refractivity contribution is -0.0231. The van der Waals surface area contributed by atoms with Gasteiger partial charge >= 0.3 is 6.09 Å². The first-order valence-corrected chi connectivity index (χ1v) is 13.0. The number of amides is 1. The molecule has 0 radical (unpaired) electrons. The molecule has 2 saturated carbocycles. The van der Waals surface area contributed by atoms with Gasteiger partial charge in [0.2, 0.25) is 0 Å². The Bertz CT molecular complexity index is 859. The fraction of sp³-hybridized carbons (Fsp3) is 0.696. The molecule has 6 nitrogen and oxygen atoms in total. The SMILES string of the molecule is CC1(OC(=O)N2CCC3(CC2)CC(CCCOc2ccc(S(C)(=O)=O)cc2)C3)CC1. The quantitative estimate of drug-likeness (QED) is 0.593. The third kappa shape index (κ3) is 5.10. The van der Waals surface area contributed by atoms with E-state index in [1.807, 2.05) is 11.8 Å². The summed E-state index contributed by atoms with van der Waals surface area (Å²) in [5, 5.41) is 0. The molecule has 2 aliphatic carbocycles. The van der Waals surface area contributed by atoms with Crippen LogP contribution in [0.25, 0.3) is 0 Å². The Morgan fingerprint density at radius 1 is 1.10 bits per heavy atom. The summed E-state index contributed by atoms with van der Waals surface area (Å²) >= 11 is 0. The predicted octanol–water partition coefficient (Wildman–Crippen LogP) is 4.43. The molecule has 1 amide bonds. The molecule has 1 spiro atoms. The van der Waals surface area contributed by atoms with Crippen LogP contribution in [-0.2, 0) is 14.6 Å². The number of nitrogens with zero attached hydrogens (tertiary/aromatic N) is 1. The van der Waals surface area contributed by atoms with Crippen molar-refractivity contribution in [3.05, 3.63) is 24.3 Å². The van der Waals surface area contributed by atoms with Gasteiger partial charge in [-0.1, -0.05) is 0 Å². The molecule has 1 aliphatic heterocycles. The molecule has 1 saturated heterocycles. The number of ether oxygens (including phenoxy) is 2. The van der Waals surface area contributed by atoms with Gasteiger partial charge in [-0.2, -0.15) is 0 Å². The summed E-state index contributed by atoms with van der Waals surface area (Å²) in [5.41, 5.74) is 0.249. The van der Waals surface area contributed by atoms with E-state index < -0.39 is 9.84 Å². The Hall–Kier alpha value is -1.76. The number of carbonyl (C=O) groups is 1. The van der Waals surface area contributed by atoms with Crippen LogP contribution in [0.1, 0.15) is 58.3 Å². The van der Waals surface area contributed by atoms with E-state index in [0.29, 0.717) is 22.7 Å². The molecule has 3 aliphatic rings. The Morgan fingerprint density at radius 3 is 2.30 bits per heavy atom. The molecule has 0 atom stereocenters. The first kappa shape index (κ1) is 21.5. The summed E-state index contributed by atoms with van der Waals surface area (Å²) < 4.78 is 34.3. The van der Waals surface area contributed by atoms with Gasteiger partial charge < -0.3 is 14.4 Å². The minimum absolute atomic E-state index is 0.123. The van der Waals surface area contributed by atoms with E-state index in [1.54, 1.807) is 24.3 Å². The highest BCUT2D eigenvalue weighted by Crippen LogP contribution is 2.54. The van der Waals surface area contributed by atoms with E-state index >= 15 is 0 Å². The molecule has 0 unspecified atom stereocenters. The smallest absolute Gasteiger partial charge is 0.410 e. The molecule has 166 valence electrons. The monoisotopic (exact) mass is 435 g/mol. The van der Waals surface area contributed by atoms with E-state index in [9.17, 15) is 13.2 Å². The van der Waals surface area contributed by atoms with Crippen molar-refractivity contribution in [1.29, 1.82) is 0 Å². The third-order valence-electron chi connectivity index (χ3n) is 7.09. The van der Waals surface area contributed by atoms with Crippen LogP contribution < -0.4 is 4.74 Å². The van der Waals surface area contributed by atoms with Crippen molar-refractivity contribution in [2.24, 2.45) is 11.3 Å². The average Bonchev–Trinajstić information content (AvgIpc) is 3.40. The first-order valence-electron chi connectivity index (χ1n) is 11.1. The molecule has 0 aromatic heterocycles. The lowest BCUT2D eigenvalue weighted by atomic mass is 9.56. The van der Waals surface area contributed by atoms with Crippen molar-refractivity contribution >= 4 is 15.9 Å². The van der Waals surface area contributed by atoms with Gasteiger partial charge in [-0.05, 0) is 93.9 Å². The van der Waals surface area contributed by atoms with Gasteiger partial charge in [0, 0.05) is 19.3 Å². The number of carbonyl (C=O) groups excluding carboxylic acids is 1. The molecule has 30 heavy (non-hydrogen) atoms. The standard InChI is InChI=1S/C23H33NO5S/c1-22(9-10-22)29-21(25)24-13-11-23(12-14-24)16-18(17-23)4-3-15-28-19-5-7-20(8-6-19)30(2,26)27/h5-8,18H,3-4,9-17H2,1-2H3. The topological polar surface area (TPSA) is 72.9 Å². The van der Waals surface area contributed by atoms with Crippen molar-refractivity contribution in [2.45, 2.75) is 68.8 Å². The number of hydrogen-bond donors (Lipinski definition) is 0. The Kier molecular flexibility index (Phi) is 5.77. The fourth-order valence-electron chi connectivity index (χ4n) is 4.84. The maximum Gasteiger partial charge on any atom is 0.410 e. The highest BCUT2D eigenvalue weighted by Gasteiger charge is 2.47. The lowest BCUT2D eigenvalue weighted by Crippen LogP contribution is -2.49. The average molecular weight is 436 g/mol. The van der Waals surface area contributed by atoms with Gasteiger partial charge in [-0.25, -0.2) is 13.2 Å². The molecule has 0 N–H and O–H groups in total. The highest BCUT2D eigenvalue weighted by molar-refractivity contribution is 7.90.